The van der Waals surface area contributed by atoms with Crippen LogP contribution in [-0.4, -0.2) is 16.8 Å². The van der Waals surface area contributed by atoms with E-state index in [1.165, 1.54) is 0 Å². The molecular weight excluding hydrogens is 223 g/mol. The Morgan fingerprint density at radius 2 is 2.00 bits per heavy atom. The maximum Gasteiger partial charge on any atom is 0.151 e. The second kappa shape index (κ2) is 5.23. The van der Waals surface area contributed by atoms with E-state index in [-0.39, 0.29) is 23.8 Å². The lowest BCUT2D eigenvalue weighted by Gasteiger charge is -2.05. The van der Waals surface area contributed by atoms with Crippen molar-refractivity contribution < 1.29 is 9.90 Å². The monoisotopic (exact) mass is 232 g/mol. The van der Waals surface area contributed by atoms with Crippen LogP contribution in [0.25, 0.3) is 0 Å². The maximum atomic E-state index is 11.1. The van der Waals surface area contributed by atoms with Crippen molar-refractivity contribution in [3.8, 4) is 5.75 Å². The number of rotatable bonds is 4. The molecule has 0 radical (unpaired) electrons. The van der Waals surface area contributed by atoms with Crippen molar-refractivity contribution in [2.75, 3.05) is 5.88 Å². The third-order valence-electron chi connectivity index (χ3n) is 1.87. The van der Waals surface area contributed by atoms with Gasteiger partial charge >= 0.3 is 0 Å². The molecule has 0 atom stereocenters. The van der Waals surface area contributed by atoms with Gasteiger partial charge in [0.15, 0.2) is 5.78 Å². The van der Waals surface area contributed by atoms with Gasteiger partial charge in [0.05, 0.1) is 5.88 Å². The highest BCUT2D eigenvalue weighted by molar-refractivity contribution is 6.27. The molecule has 0 aromatic heterocycles. The van der Waals surface area contributed by atoms with Crippen molar-refractivity contribution in [1.29, 1.82) is 0 Å². The lowest BCUT2D eigenvalue weighted by Crippen LogP contribution is -2.05. The van der Waals surface area contributed by atoms with Gasteiger partial charge in [0, 0.05) is 12.3 Å². The topological polar surface area (TPSA) is 37.3 Å². The molecular formula is C10H10Cl2O2. The molecule has 0 bridgehead atoms. The van der Waals surface area contributed by atoms with Crippen LogP contribution >= 0.6 is 23.2 Å². The smallest absolute Gasteiger partial charge is 0.151 e. The summed E-state index contributed by atoms with van der Waals surface area (Å²) in [5.41, 5.74) is 1.59. The van der Waals surface area contributed by atoms with Gasteiger partial charge in [0.2, 0.25) is 0 Å². The third-order valence-corrected chi connectivity index (χ3v) is 2.46. The summed E-state index contributed by atoms with van der Waals surface area (Å²) in [5.74, 6) is 0.364. The molecule has 0 aliphatic rings. The predicted molar refractivity (Wildman–Crippen MR) is 57.1 cm³/mol. The highest BCUT2D eigenvalue weighted by atomic mass is 35.5. The summed E-state index contributed by atoms with van der Waals surface area (Å²) in [6, 6.07) is 4.80. The van der Waals surface area contributed by atoms with Crippen molar-refractivity contribution in [2.45, 2.75) is 12.3 Å². The summed E-state index contributed by atoms with van der Waals surface area (Å²) in [4.78, 5) is 11.1. The Labute approximate surface area is 92.5 Å². The van der Waals surface area contributed by atoms with E-state index in [9.17, 15) is 9.90 Å². The summed E-state index contributed by atoms with van der Waals surface area (Å²) in [6.45, 7) is 0. The fourth-order valence-corrected chi connectivity index (χ4v) is 1.52. The zero-order chi connectivity index (χ0) is 10.6. The van der Waals surface area contributed by atoms with Crippen molar-refractivity contribution in [3.05, 3.63) is 29.3 Å². The average molecular weight is 233 g/mol. The maximum absolute atomic E-state index is 11.1. The molecule has 1 aromatic carbocycles. The number of carbonyl (C=O) groups excluding carboxylic acids is 1. The Kier molecular flexibility index (Phi) is 4.23. The first-order valence-electron chi connectivity index (χ1n) is 4.11. The molecule has 4 heteroatoms. The number of phenolic OH excluding ortho intramolecular Hbond substituents is 1. The second-order valence-corrected chi connectivity index (χ2v) is 3.47. The summed E-state index contributed by atoms with van der Waals surface area (Å²) < 4.78 is 0. The Balaban J connectivity index is 2.93. The third kappa shape index (κ3) is 2.89. The Morgan fingerprint density at radius 1 is 1.29 bits per heavy atom. The molecule has 0 unspecified atom stereocenters. The van der Waals surface area contributed by atoms with Gasteiger partial charge in [-0.3, -0.25) is 4.79 Å². The predicted octanol–water partition coefficient (Wildman–Crippen LogP) is 2.48. The number of halogens is 2. The Hall–Kier alpha value is -0.730. The normalized spacial score (nSPS) is 10.1. The molecule has 1 N–H and O–H groups in total. The van der Waals surface area contributed by atoms with Crippen molar-refractivity contribution in [1.82, 2.24) is 0 Å². The summed E-state index contributed by atoms with van der Waals surface area (Å²) >= 11 is 11.1. The minimum absolute atomic E-state index is 0.0165. The number of hydrogen-bond donors (Lipinski definition) is 1. The number of ketones is 1. The highest BCUT2D eigenvalue weighted by Gasteiger charge is 2.07. The number of carbonyl (C=O) groups is 1. The van der Waals surface area contributed by atoms with E-state index in [1.54, 1.807) is 18.2 Å². The molecule has 14 heavy (non-hydrogen) atoms. The number of Topliss-reactive ketones (excluding diaryl/α,β-unsaturated/α-hetero) is 1. The van der Waals surface area contributed by atoms with Crippen molar-refractivity contribution >= 4 is 29.0 Å². The quantitative estimate of drug-likeness (QED) is 0.811. The first kappa shape index (κ1) is 11.3. The molecule has 0 fully saturated rings. The second-order valence-electron chi connectivity index (χ2n) is 2.94. The fourth-order valence-electron chi connectivity index (χ4n) is 1.17. The fraction of sp³-hybridized carbons (Fsp3) is 0.300. The van der Waals surface area contributed by atoms with Gasteiger partial charge in [-0.2, -0.15) is 0 Å². The van der Waals surface area contributed by atoms with Gasteiger partial charge in [-0.15, -0.1) is 23.2 Å². The molecule has 0 amide bonds. The van der Waals surface area contributed by atoms with Crippen LogP contribution in [0.15, 0.2) is 18.2 Å². The molecule has 76 valence electrons. The van der Waals surface area contributed by atoms with Gasteiger partial charge in [-0.1, -0.05) is 6.07 Å². The average Bonchev–Trinajstić information content (AvgIpc) is 2.18. The van der Waals surface area contributed by atoms with E-state index in [1.807, 2.05) is 0 Å². The van der Waals surface area contributed by atoms with Gasteiger partial charge < -0.3 is 5.11 Å². The van der Waals surface area contributed by atoms with Crippen LogP contribution < -0.4 is 0 Å². The summed E-state index contributed by atoms with van der Waals surface area (Å²) in [5, 5.41) is 9.23. The molecule has 0 saturated heterocycles. The highest BCUT2D eigenvalue weighted by Crippen LogP contribution is 2.19. The minimum atomic E-state index is -0.0800. The van der Waals surface area contributed by atoms with Gasteiger partial charge in [-0.25, -0.2) is 0 Å². The molecule has 0 aliphatic heterocycles. The van der Waals surface area contributed by atoms with E-state index < -0.39 is 0 Å². The van der Waals surface area contributed by atoms with Crippen LogP contribution in [0.2, 0.25) is 0 Å². The lowest BCUT2D eigenvalue weighted by molar-refractivity contribution is -0.116. The number of hydrogen-bond acceptors (Lipinski definition) is 2. The van der Waals surface area contributed by atoms with Crippen LogP contribution in [0.3, 0.4) is 0 Å². The van der Waals surface area contributed by atoms with E-state index in [2.05, 4.69) is 0 Å². The SMILES string of the molecule is O=C(CCl)Cc1cc(O)ccc1CCl. The standard InChI is InChI=1S/C10H10Cl2O2/c11-5-7-1-2-9(13)3-8(7)4-10(14)6-12/h1-3,13H,4-6H2. The van der Waals surface area contributed by atoms with Crippen molar-refractivity contribution in [3.63, 3.8) is 0 Å². The van der Waals surface area contributed by atoms with Crippen LogP contribution in [0, 0.1) is 0 Å². The van der Waals surface area contributed by atoms with Gasteiger partial charge in [0.1, 0.15) is 5.75 Å². The lowest BCUT2D eigenvalue weighted by atomic mass is 10.0. The number of benzene rings is 1. The zero-order valence-corrected chi connectivity index (χ0v) is 8.98. The van der Waals surface area contributed by atoms with E-state index >= 15 is 0 Å². The van der Waals surface area contributed by atoms with Gasteiger partial charge in [0.25, 0.3) is 0 Å². The van der Waals surface area contributed by atoms with E-state index in [0.717, 1.165) is 11.1 Å². The van der Waals surface area contributed by atoms with E-state index in [0.29, 0.717) is 5.88 Å². The molecule has 1 rings (SSSR count). The molecule has 0 aliphatic carbocycles. The van der Waals surface area contributed by atoms with Crippen LogP contribution in [-0.2, 0) is 17.1 Å². The summed E-state index contributed by atoms with van der Waals surface area (Å²) in [6.07, 6.45) is 0.222. The first-order valence-corrected chi connectivity index (χ1v) is 5.18. The number of aromatic hydroxyl groups is 1. The van der Waals surface area contributed by atoms with Crippen LogP contribution in [0.4, 0.5) is 0 Å². The van der Waals surface area contributed by atoms with Crippen molar-refractivity contribution in [2.24, 2.45) is 0 Å². The van der Waals surface area contributed by atoms with Crippen LogP contribution in [0.1, 0.15) is 11.1 Å². The first-order chi connectivity index (χ1) is 6.67. The zero-order valence-electron chi connectivity index (χ0n) is 7.46. The number of phenols is 1. The van der Waals surface area contributed by atoms with Crippen LogP contribution in [0.5, 0.6) is 5.75 Å². The largest absolute Gasteiger partial charge is 0.508 e. The summed E-state index contributed by atoms with van der Waals surface area (Å²) in [7, 11) is 0. The van der Waals surface area contributed by atoms with Gasteiger partial charge in [-0.05, 0) is 23.3 Å². The minimum Gasteiger partial charge on any atom is -0.508 e. The molecule has 2 nitrogen and oxygen atoms in total. The Morgan fingerprint density at radius 3 is 2.57 bits per heavy atom. The molecule has 1 aromatic rings. The Bertz CT molecular complexity index is 337. The molecule has 0 spiro atoms. The molecule has 0 heterocycles. The van der Waals surface area contributed by atoms with E-state index in [4.69, 9.17) is 23.2 Å². The molecule has 0 saturated carbocycles. The number of alkyl halides is 2.